The van der Waals surface area contributed by atoms with Gasteiger partial charge < -0.3 is 15.1 Å². The molecule has 2 aliphatic rings. The molecular formula is C29H28Cl3N5O5S. The van der Waals surface area contributed by atoms with Crippen molar-refractivity contribution in [3.05, 3.63) is 93.2 Å². The molecule has 14 heteroatoms. The molecule has 2 saturated heterocycles. The van der Waals surface area contributed by atoms with Crippen LogP contribution in [-0.4, -0.2) is 82.6 Å². The molecule has 2 aromatic carbocycles. The highest BCUT2D eigenvalue weighted by molar-refractivity contribution is 7.89. The Labute approximate surface area is 264 Å². The van der Waals surface area contributed by atoms with Gasteiger partial charge in [0.25, 0.3) is 5.91 Å². The maximum atomic E-state index is 14.3. The number of pyridine rings is 1. The zero-order chi connectivity index (χ0) is 31.1. The number of benzene rings is 2. The number of halogens is 3. The van der Waals surface area contributed by atoms with Crippen LogP contribution in [0.4, 0.5) is 0 Å². The van der Waals surface area contributed by atoms with Gasteiger partial charge in [-0.15, -0.1) is 0 Å². The fourth-order valence-corrected chi connectivity index (χ4v) is 7.83. The van der Waals surface area contributed by atoms with Crippen molar-refractivity contribution in [1.29, 1.82) is 0 Å². The van der Waals surface area contributed by atoms with E-state index in [1.54, 1.807) is 35.2 Å². The van der Waals surface area contributed by atoms with E-state index in [0.29, 0.717) is 5.02 Å². The summed E-state index contributed by atoms with van der Waals surface area (Å²) >= 11 is 18.5. The highest BCUT2D eigenvalue weighted by Gasteiger charge is 2.54. The lowest BCUT2D eigenvalue weighted by atomic mass is 9.96. The van der Waals surface area contributed by atoms with Crippen LogP contribution in [0.3, 0.4) is 0 Å². The maximum Gasteiger partial charge on any atom is 0.253 e. The van der Waals surface area contributed by atoms with Gasteiger partial charge in [0.05, 0.1) is 17.1 Å². The second-order valence-electron chi connectivity index (χ2n) is 10.6. The van der Waals surface area contributed by atoms with Gasteiger partial charge in [-0.05, 0) is 61.9 Å². The van der Waals surface area contributed by atoms with Gasteiger partial charge in [0, 0.05) is 41.4 Å². The van der Waals surface area contributed by atoms with Crippen LogP contribution in [0.15, 0.2) is 71.9 Å². The lowest BCUT2D eigenvalue weighted by Crippen LogP contribution is -2.76. The van der Waals surface area contributed by atoms with Crippen LogP contribution in [-0.2, 0) is 26.0 Å². The van der Waals surface area contributed by atoms with E-state index in [4.69, 9.17) is 34.8 Å². The van der Waals surface area contributed by atoms with Crippen molar-refractivity contribution in [1.82, 2.24) is 24.4 Å². The Morgan fingerprint density at radius 3 is 2.33 bits per heavy atom. The van der Waals surface area contributed by atoms with Crippen LogP contribution in [0.25, 0.3) is 0 Å². The van der Waals surface area contributed by atoms with E-state index in [0.717, 1.165) is 9.87 Å². The molecular weight excluding hydrogens is 637 g/mol. The van der Waals surface area contributed by atoms with Gasteiger partial charge in [0.2, 0.25) is 21.8 Å². The number of piperazine rings is 1. The van der Waals surface area contributed by atoms with Crippen LogP contribution >= 0.6 is 34.8 Å². The van der Waals surface area contributed by atoms with Crippen molar-refractivity contribution in [2.45, 2.75) is 49.5 Å². The van der Waals surface area contributed by atoms with Gasteiger partial charge in [-0.2, -0.15) is 4.31 Å². The summed E-state index contributed by atoms with van der Waals surface area (Å²) in [7, 11) is -4.38. The Morgan fingerprint density at radius 1 is 1.00 bits per heavy atom. The molecule has 3 amide bonds. The number of carbonyl (C=O) groups is 3. The number of fused-ring (bicyclic) bond motifs is 1. The number of hydrogen-bond acceptors (Lipinski definition) is 6. The summed E-state index contributed by atoms with van der Waals surface area (Å²) in [5.74, 6) is -1.53. The normalized spacial score (nSPS) is 21.2. The molecule has 1 N–H and O–H groups in total. The second kappa shape index (κ2) is 12.4. The average Bonchev–Trinajstić information content (AvgIpc) is 2.96. The quantitative estimate of drug-likeness (QED) is 0.410. The van der Waals surface area contributed by atoms with E-state index < -0.39 is 40.1 Å². The Balaban J connectivity index is 1.61. The van der Waals surface area contributed by atoms with Crippen molar-refractivity contribution in [2.75, 3.05) is 13.1 Å². The molecule has 3 aromatic rings. The van der Waals surface area contributed by atoms with Gasteiger partial charge in [-0.3, -0.25) is 19.4 Å². The molecule has 3 unspecified atom stereocenters. The first-order chi connectivity index (χ1) is 20.4. The predicted molar refractivity (Wildman–Crippen MR) is 162 cm³/mol. The first-order valence-corrected chi connectivity index (χ1v) is 16.0. The predicted octanol–water partition coefficient (Wildman–Crippen LogP) is 3.86. The summed E-state index contributed by atoms with van der Waals surface area (Å²) in [5.41, 5.74) is 0.905. The number of hydrogen-bond donors (Lipinski definition) is 1. The number of carbonyl (C=O) groups excluding carboxylic acids is 3. The minimum absolute atomic E-state index is 0.0763. The molecule has 10 nitrogen and oxygen atoms in total. The Bertz CT molecular complexity index is 1660. The third-order valence-electron chi connectivity index (χ3n) is 7.51. The molecule has 2 aliphatic heterocycles. The Morgan fingerprint density at radius 2 is 1.70 bits per heavy atom. The minimum Gasteiger partial charge on any atom is -0.339 e. The second-order valence-corrected chi connectivity index (χ2v) is 13.7. The molecule has 0 bridgehead atoms. The maximum absolute atomic E-state index is 14.3. The number of rotatable bonds is 7. The molecule has 0 saturated carbocycles. The summed E-state index contributed by atoms with van der Waals surface area (Å²) in [5, 5.41) is 3.32. The van der Waals surface area contributed by atoms with E-state index in [2.05, 4.69) is 10.3 Å². The third-order valence-corrected chi connectivity index (χ3v) is 10.3. The van der Waals surface area contributed by atoms with Crippen molar-refractivity contribution >= 4 is 62.5 Å². The van der Waals surface area contributed by atoms with Crippen LogP contribution in [0.1, 0.15) is 29.8 Å². The van der Waals surface area contributed by atoms with Gasteiger partial charge in [0.1, 0.15) is 23.1 Å². The average molecular weight is 665 g/mol. The molecule has 5 rings (SSSR count). The molecule has 3 atom stereocenters. The first-order valence-electron chi connectivity index (χ1n) is 13.4. The third kappa shape index (κ3) is 6.23. The fraction of sp³-hybridized carbons (Fsp3) is 0.310. The van der Waals surface area contributed by atoms with Gasteiger partial charge in [0.15, 0.2) is 0 Å². The molecule has 3 heterocycles. The van der Waals surface area contributed by atoms with Crippen molar-refractivity contribution in [2.24, 2.45) is 0 Å². The lowest BCUT2D eigenvalue weighted by Gasteiger charge is -2.54. The SMILES string of the molecule is CC(C)N1CC2N(C(=O)C(NC(=O)c3cccnc3)CN2S(=O)(=O)c2ccc(Cl)cc2Cl)C(Cc2ccc(Cl)cc2)C1=O. The largest absolute Gasteiger partial charge is 0.339 e. The van der Waals surface area contributed by atoms with Crippen LogP contribution in [0.2, 0.25) is 15.1 Å². The van der Waals surface area contributed by atoms with Gasteiger partial charge in [-0.1, -0.05) is 46.9 Å². The smallest absolute Gasteiger partial charge is 0.253 e. The molecule has 43 heavy (non-hydrogen) atoms. The molecule has 1 aromatic heterocycles. The van der Waals surface area contributed by atoms with E-state index in [1.807, 2.05) is 13.8 Å². The van der Waals surface area contributed by atoms with Gasteiger partial charge >= 0.3 is 0 Å². The molecule has 2 fully saturated rings. The lowest BCUT2D eigenvalue weighted by molar-refractivity contribution is -0.168. The molecule has 226 valence electrons. The monoisotopic (exact) mass is 663 g/mol. The summed E-state index contributed by atoms with van der Waals surface area (Å²) in [6.07, 6.45) is 1.86. The van der Waals surface area contributed by atoms with Crippen LogP contribution in [0, 0.1) is 0 Å². The summed E-state index contributed by atoms with van der Waals surface area (Å²) in [4.78, 5) is 47.8. The van der Waals surface area contributed by atoms with Gasteiger partial charge in [-0.25, -0.2) is 8.42 Å². The highest BCUT2D eigenvalue weighted by atomic mass is 35.5. The zero-order valence-electron chi connectivity index (χ0n) is 23.2. The van der Waals surface area contributed by atoms with Crippen molar-refractivity contribution < 1.29 is 22.8 Å². The first kappa shape index (κ1) is 31.2. The fourth-order valence-electron chi connectivity index (χ4n) is 5.37. The number of sulfonamides is 1. The van der Waals surface area contributed by atoms with E-state index in [-0.39, 0.29) is 52.0 Å². The molecule has 0 spiro atoms. The van der Waals surface area contributed by atoms with Crippen molar-refractivity contribution in [3.8, 4) is 0 Å². The van der Waals surface area contributed by atoms with Crippen molar-refractivity contribution in [3.63, 3.8) is 0 Å². The molecule has 0 aliphatic carbocycles. The summed E-state index contributed by atoms with van der Waals surface area (Å²) in [6, 6.07) is 11.3. The number of nitrogens with zero attached hydrogens (tertiary/aromatic N) is 4. The topological polar surface area (TPSA) is 120 Å². The summed E-state index contributed by atoms with van der Waals surface area (Å²) < 4.78 is 29.7. The number of nitrogens with one attached hydrogen (secondary N) is 1. The minimum atomic E-state index is -4.38. The van der Waals surface area contributed by atoms with E-state index >= 15 is 0 Å². The van der Waals surface area contributed by atoms with Crippen LogP contribution < -0.4 is 5.32 Å². The number of aromatic nitrogens is 1. The summed E-state index contributed by atoms with van der Waals surface area (Å²) in [6.45, 7) is 3.18. The Kier molecular flexibility index (Phi) is 9.01. The number of amides is 3. The highest BCUT2D eigenvalue weighted by Crippen LogP contribution is 2.35. The Hall–Kier alpha value is -3.22. The molecule has 0 radical (unpaired) electrons. The van der Waals surface area contributed by atoms with Crippen LogP contribution in [0.5, 0.6) is 0 Å². The zero-order valence-corrected chi connectivity index (χ0v) is 26.2. The standard InChI is InChI=1S/C29H28Cl3N5O5S/c1-17(2)35-16-26-36(43(41,42)25-10-9-21(31)13-22(25)32)15-23(34-27(38)19-4-3-11-33-14-19)28(39)37(26)24(29(35)40)12-18-5-7-20(30)8-6-18/h3-11,13-14,17,23-24,26H,12,15-16H2,1-2H3,(H,34,38). The van der Waals surface area contributed by atoms with E-state index in [1.165, 1.54) is 41.6 Å². The van der Waals surface area contributed by atoms with E-state index in [9.17, 15) is 22.8 Å².